The van der Waals surface area contributed by atoms with E-state index >= 15 is 0 Å². The van der Waals surface area contributed by atoms with Crippen LogP contribution in [0.5, 0.6) is 0 Å². The number of benzene rings is 1. The van der Waals surface area contributed by atoms with Crippen molar-refractivity contribution in [3.8, 4) is 0 Å². The van der Waals surface area contributed by atoms with Crippen LogP contribution in [0.3, 0.4) is 0 Å². The van der Waals surface area contributed by atoms with Crippen molar-refractivity contribution in [3.63, 3.8) is 0 Å². The third-order valence-corrected chi connectivity index (χ3v) is 7.99. The Morgan fingerprint density at radius 3 is 2.76 bits per heavy atom. The van der Waals surface area contributed by atoms with Gasteiger partial charge < -0.3 is 5.32 Å². The number of carbonyl (C=O) groups is 1. The van der Waals surface area contributed by atoms with E-state index in [0.717, 1.165) is 17.7 Å². The van der Waals surface area contributed by atoms with Crippen molar-refractivity contribution < 1.29 is 13.2 Å². The monoisotopic (exact) mass is 376 g/mol. The Labute approximate surface area is 151 Å². The molecule has 1 amide bonds. The van der Waals surface area contributed by atoms with Crippen LogP contribution in [0, 0.1) is 11.3 Å². The summed E-state index contributed by atoms with van der Waals surface area (Å²) >= 11 is 1.62. The summed E-state index contributed by atoms with van der Waals surface area (Å²) in [5, 5.41) is 4.98. The van der Waals surface area contributed by atoms with Crippen LogP contribution < -0.4 is 5.32 Å². The maximum absolute atomic E-state index is 12.7. The van der Waals surface area contributed by atoms with Crippen LogP contribution in [-0.2, 0) is 21.4 Å². The predicted molar refractivity (Wildman–Crippen MR) is 96.5 cm³/mol. The summed E-state index contributed by atoms with van der Waals surface area (Å²) in [7, 11) is -3.46. The van der Waals surface area contributed by atoms with Crippen LogP contribution in [0.2, 0.25) is 0 Å². The number of nitrogens with one attached hydrogen (secondary N) is 1. The lowest BCUT2D eigenvalue weighted by Crippen LogP contribution is -2.31. The van der Waals surface area contributed by atoms with Crippen LogP contribution >= 0.6 is 11.3 Å². The van der Waals surface area contributed by atoms with Crippen LogP contribution in [0.25, 0.3) is 0 Å². The summed E-state index contributed by atoms with van der Waals surface area (Å²) in [5.41, 5.74) is -0.165. The van der Waals surface area contributed by atoms with E-state index in [2.05, 4.69) is 5.32 Å². The molecule has 4 rings (SSSR count). The number of nitrogens with zero attached hydrogens (tertiary/aromatic N) is 1. The van der Waals surface area contributed by atoms with Crippen molar-refractivity contribution in [1.29, 1.82) is 0 Å². The maximum Gasteiger partial charge on any atom is 0.243 e. The molecule has 0 bridgehead atoms. The number of hydrogen-bond acceptors (Lipinski definition) is 4. The van der Waals surface area contributed by atoms with Crippen molar-refractivity contribution in [2.45, 2.75) is 24.3 Å². The van der Waals surface area contributed by atoms with Gasteiger partial charge in [-0.05, 0) is 41.8 Å². The topological polar surface area (TPSA) is 66.5 Å². The molecular formula is C18H20N2O3S2. The third-order valence-electron chi connectivity index (χ3n) is 5.25. The molecule has 1 saturated carbocycles. The van der Waals surface area contributed by atoms with Crippen LogP contribution in [0.4, 0.5) is 0 Å². The first-order valence-electron chi connectivity index (χ1n) is 8.37. The molecule has 132 valence electrons. The molecule has 1 aromatic carbocycles. The van der Waals surface area contributed by atoms with Gasteiger partial charge in [0.2, 0.25) is 15.9 Å². The lowest BCUT2D eigenvalue weighted by molar-refractivity contribution is -0.123. The Bertz CT molecular complexity index is 865. The Hall–Kier alpha value is -1.70. The second kappa shape index (κ2) is 6.23. The van der Waals surface area contributed by atoms with Gasteiger partial charge in [0.1, 0.15) is 0 Å². The smallest absolute Gasteiger partial charge is 0.243 e. The second-order valence-electron chi connectivity index (χ2n) is 6.82. The van der Waals surface area contributed by atoms with Crippen molar-refractivity contribution in [2.75, 3.05) is 13.1 Å². The molecule has 1 spiro atoms. The summed E-state index contributed by atoms with van der Waals surface area (Å²) in [4.78, 5) is 13.9. The number of amides is 1. The van der Waals surface area contributed by atoms with E-state index in [9.17, 15) is 13.2 Å². The molecule has 1 aliphatic carbocycles. The summed E-state index contributed by atoms with van der Waals surface area (Å²) in [6.45, 7) is 1.49. The zero-order chi connectivity index (χ0) is 17.5. The predicted octanol–water partition coefficient (Wildman–Crippen LogP) is 2.47. The van der Waals surface area contributed by atoms with E-state index in [1.807, 2.05) is 17.5 Å². The van der Waals surface area contributed by atoms with E-state index in [1.54, 1.807) is 41.7 Å². The molecule has 5 nitrogen and oxygen atoms in total. The first kappa shape index (κ1) is 16.8. The molecular weight excluding hydrogens is 356 g/mol. The fraction of sp³-hybridized carbons (Fsp3) is 0.389. The fourth-order valence-electron chi connectivity index (χ4n) is 3.68. The van der Waals surface area contributed by atoms with Crippen LogP contribution in [-0.4, -0.2) is 31.7 Å². The molecule has 2 aromatic rings. The normalized spacial score (nSPS) is 26.0. The molecule has 1 saturated heterocycles. The van der Waals surface area contributed by atoms with E-state index in [1.165, 1.54) is 4.31 Å². The molecule has 25 heavy (non-hydrogen) atoms. The Morgan fingerprint density at radius 2 is 2.04 bits per heavy atom. The van der Waals surface area contributed by atoms with Crippen LogP contribution in [0.1, 0.15) is 17.7 Å². The molecule has 1 aliphatic heterocycles. The van der Waals surface area contributed by atoms with Gasteiger partial charge in [-0.25, -0.2) is 8.42 Å². The molecule has 1 N–H and O–H groups in total. The summed E-state index contributed by atoms with van der Waals surface area (Å²) in [6.07, 6.45) is 1.54. The molecule has 2 heterocycles. The molecule has 2 unspecified atom stereocenters. The highest BCUT2D eigenvalue weighted by molar-refractivity contribution is 7.89. The summed E-state index contributed by atoms with van der Waals surface area (Å²) < 4.78 is 27.0. The number of hydrogen-bond donors (Lipinski definition) is 1. The lowest BCUT2D eigenvalue weighted by Gasteiger charge is -2.16. The zero-order valence-electron chi connectivity index (χ0n) is 13.7. The highest BCUT2D eigenvalue weighted by Gasteiger charge is 2.62. The van der Waals surface area contributed by atoms with Gasteiger partial charge in [0.25, 0.3) is 0 Å². The van der Waals surface area contributed by atoms with Gasteiger partial charge in [-0.3, -0.25) is 4.79 Å². The van der Waals surface area contributed by atoms with E-state index in [0.29, 0.717) is 24.5 Å². The highest BCUT2D eigenvalue weighted by Crippen LogP contribution is 2.59. The van der Waals surface area contributed by atoms with Crippen molar-refractivity contribution in [2.24, 2.45) is 11.3 Å². The van der Waals surface area contributed by atoms with Crippen LogP contribution in [0.15, 0.2) is 52.7 Å². The van der Waals surface area contributed by atoms with Crippen molar-refractivity contribution >= 4 is 27.3 Å². The number of sulfonamides is 1. The quantitative estimate of drug-likeness (QED) is 0.872. The van der Waals surface area contributed by atoms with Gasteiger partial charge in [0.05, 0.1) is 11.4 Å². The largest absolute Gasteiger partial charge is 0.351 e. The highest BCUT2D eigenvalue weighted by atomic mass is 32.2. The second-order valence-corrected chi connectivity index (χ2v) is 9.79. The minimum absolute atomic E-state index is 0.0485. The molecule has 2 aliphatic rings. The fourth-order valence-corrected chi connectivity index (χ4v) is 5.89. The van der Waals surface area contributed by atoms with Gasteiger partial charge in [-0.2, -0.15) is 4.31 Å². The molecule has 7 heteroatoms. The van der Waals surface area contributed by atoms with Gasteiger partial charge in [-0.15, -0.1) is 11.3 Å². The number of rotatable bonds is 5. The van der Waals surface area contributed by atoms with E-state index < -0.39 is 10.0 Å². The summed E-state index contributed by atoms with van der Waals surface area (Å²) in [5.74, 6) is -0.0178. The van der Waals surface area contributed by atoms with Gasteiger partial charge in [0.15, 0.2) is 0 Å². The van der Waals surface area contributed by atoms with E-state index in [4.69, 9.17) is 0 Å². The maximum atomic E-state index is 12.7. The average molecular weight is 377 g/mol. The Kier molecular flexibility index (Phi) is 4.17. The standard InChI is InChI=1S/C18H20N2O3S2/c21-17(19-12-14-5-4-10-24-14)16-11-18(16)8-9-20(13-18)25(22,23)15-6-2-1-3-7-15/h1-7,10,16H,8-9,11-13H2,(H,19,21). The lowest BCUT2D eigenvalue weighted by atomic mass is 10.0. The SMILES string of the molecule is O=C(NCc1cccs1)C1CC12CCN(S(=O)(=O)c1ccccc1)C2. The molecule has 2 atom stereocenters. The van der Waals surface area contributed by atoms with Gasteiger partial charge in [-0.1, -0.05) is 24.3 Å². The minimum atomic E-state index is -3.46. The average Bonchev–Trinajstić information content (AvgIpc) is 2.96. The third kappa shape index (κ3) is 3.12. The first-order chi connectivity index (χ1) is 12.0. The first-order valence-corrected chi connectivity index (χ1v) is 10.7. The van der Waals surface area contributed by atoms with E-state index in [-0.39, 0.29) is 17.2 Å². The Balaban J connectivity index is 1.39. The minimum Gasteiger partial charge on any atom is -0.351 e. The number of thiophene rings is 1. The van der Waals surface area contributed by atoms with Gasteiger partial charge in [0, 0.05) is 23.9 Å². The number of carbonyl (C=O) groups excluding carboxylic acids is 1. The Morgan fingerprint density at radius 1 is 1.24 bits per heavy atom. The molecule has 2 fully saturated rings. The van der Waals surface area contributed by atoms with Gasteiger partial charge >= 0.3 is 0 Å². The molecule has 1 aromatic heterocycles. The van der Waals surface area contributed by atoms with Crippen molar-refractivity contribution in [3.05, 3.63) is 52.7 Å². The molecule has 0 radical (unpaired) electrons. The zero-order valence-corrected chi connectivity index (χ0v) is 15.4. The van der Waals surface area contributed by atoms with Crippen molar-refractivity contribution in [1.82, 2.24) is 9.62 Å². The summed E-state index contributed by atoms with van der Waals surface area (Å²) in [6, 6.07) is 12.5.